The van der Waals surface area contributed by atoms with Gasteiger partial charge in [0.15, 0.2) is 0 Å². The van der Waals surface area contributed by atoms with Crippen molar-refractivity contribution >= 4 is 18.7 Å². The molecule has 30 heavy (non-hydrogen) atoms. The number of hydrogen-bond acceptors (Lipinski definition) is 2. The van der Waals surface area contributed by atoms with Crippen molar-refractivity contribution in [1.29, 1.82) is 0 Å². The summed E-state index contributed by atoms with van der Waals surface area (Å²) < 4.78 is 13.1. The van der Waals surface area contributed by atoms with Gasteiger partial charge in [0.2, 0.25) is 0 Å². The second-order valence-electron chi connectivity index (χ2n) is 9.75. The van der Waals surface area contributed by atoms with Crippen LogP contribution < -0.4 is 10.4 Å². The van der Waals surface area contributed by atoms with Crippen LogP contribution in [0.4, 0.5) is 0 Å². The van der Waals surface area contributed by atoms with Crippen LogP contribution in [-0.2, 0) is 9.16 Å². The maximum absolute atomic E-state index is 7.34. The van der Waals surface area contributed by atoms with Gasteiger partial charge < -0.3 is 9.16 Å². The first-order chi connectivity index (χ1) is 14.5. The monoisotopic (exact) mass is 424 g/mol. The Morgan fingerprint density at radius 1 is 0.867 bits per heavy atom. The minimum atomic E-state index is -2.50. The van der Waals surface area contributed by atoms with Crippen LogP contribution in [0.1, 0.15) is 72.6 Å². The van der Waals surface area contributed by atoms with Crippen LogP contribution in [-0.4, -0.2) is 27.1 Å². The first kappa shape index (κ1) is 23.2. The molecule has 3 heteroatoms. The van der Waals surface area contributed by atoms with E-state index in [1.54, 1.807) is 0 Å². The number of unbranched alkanes of at least 4 members (excludes halogenated alkanes) is 5. The van der Waals surface area contributed by atoms with Gasteiger partial charge in [-0.1, -0.05) is 127 Å². The van der Waals surface area contributed by atoms with E-state index in [1.165, 1.54) is 48.9 Å². The lowest BCUT2D eigenvalue weighted by Crippen LogP contribution is -2.68. The van der Waals surface area contributed by atoms with E-state index in [-0.39, 0.29) is 17.2 Å². The second kappa shape index (κ2) is 10.7. The van der Waals surface area contributed by atoms with Crippen molar-refractivity contribution in [2.75, 3.05) is 6.61 Å². The van der Waals surface area contributed by atoms with Gasteiger partial charge in [-0.15, -0.1) is 0 Å². The van der Waals surface area contributed by atoms with Crippen LogP contribution in [0.3, 0.4) is 0 Å². The predicted octanol–water partition coefficient (Wildman–Crippen LogP) is 6.08. The van der Waals surface area contributed by atoms with Crippen molar-refractivity contribution < 1.29 is 9.16 Å². The fourth-order valence-electron chi connectivity index (χ4n) is 4.64. The zero-order valence-corrected chi connectivity index (χ0v) is 20.4. The summed E-state index contributed by atoms with van der Waals surface area (Å²) in [7, 11) is -2.50. The van der Waals surface area contributed by atoms with E-state index < -0.39 is 8.32 Å². The second-order valence-corrected chi connectivity index (χ2v) is 14.0. The van der Waals surface area contributed by atoms with Crippen LogP contribution in [0, 0.1) is 0 Å². The molecule has 1 saturated heterocycles. The lowest BCUT2D eigenvalue weighted by molar-refractivity contribution is 0.136. The fourth-order valence-corrected chi connectivity index (χ4v) is 9.37. The summed E-state index contributed by atoms with van der Waals surface area (Å²) in [6, 6.07) is 22.0. The van der Waals surface area contributed by atoms with Crippen molar-refractivity contribution in [3.8, 4) is 0 Å². The third kappa shape index (κ3) is 5.63. The summed E-state index contributed by atoms with van der Waals surface area (Å²) in [5.41, 5.74) is 0. The summed E-state index contributed by atoms with van der Waals surface area (Å²) in [4.78, 5) is 0. The highest BCUT2D eigenvalue weighted by Gasteiger charge is 2.53. The largest absolute Gasteiger partial charge is 0.402 e. The maximum atomic E-state index is 7.34. The molecule has 0 unspecified atom stereocenters. The number of benzene rings is 2. The summed E-state index contributed by atoms with van der Waals surface area (Å²) in [5, 5.41) is 2.74. The van der Waals surface area contributed by atoms with Crippen molar-refractivity contribution in [2.24, 2.45) is 0 Å². The first-order valence-electron chi connectivity index (χ1n) is 11.9. The number of ether oxygens (including phenoxy) is 1. The molecule has 2 nitrogen and oxygen atoms in total. The van der Waals surface area contributed by atoms with Crippen molar-refractivity contribution in [1.82, 2.24) is 0 Å². The maximum Gasteiger partial charge on any atom is 0.261 e. The van der Waals surface area contributed by atoms with Gasteiger partial charge >= 0.3 is 0 Å². The van der Waals surface area contributed by atoms with Gasteiger partial charge in [-0.3, -0.25) is 0 Å². The third-order valence-corrected chi connectivity index (χ3v) is 11.4. The molecule has 2 aromatic carbocycles. The van der Waals surface area contributed by atoms with E-state index in [9.17, 15) is 0 Å². The molecule has 1 fully saturated rings. The minimum Gasteiger partial charge on any atom is -0.402 e. The Balaban J connectivity index is 1.87. The quantitative estimate of drug-likeness (QED) is 0.234. The molecular formula is C27H40O2Si. The molecule has 0 bridgehead atoms. The molecule has 3 rings (SSSR count). The highest BCUT2D eigenvalue weighted by atomic mass is 28.4. The Hall–Kier alpha value is -1.42. The Morgan fingerprint density at radius 2 is 1.37 bits per heavy atom. The SMILES string of the molecule is CCCCCCCC[C@H](O[Si](c1ccccc1)(c1ccccc1)C(C)(C)C)[C@H]1CO1. The van der Waals surface area contributed by atoms with E-state index in [0.717, 1.165) is 13.0 Å². The van der Waals surface area contributed by atoms with E-state index in [4.69, 9.17) is 9.16 Å². The molecule has 164 valence electrons. The third-order valence-electron chi connectivity index (χ3n) is 6.36. The molecule has 2 aromatic rings. The van der Waals surface area contributed by atoms with Crippen LogP contribution in [0.15, 0.2) is 60.7 Å². The Bertz CT molecular complexity index is 695. The van der Waals surface area contributed by atoms with Gasteiger partial charge in [0.1, 0.15) is 6.10 Å². The average molecular weight is 425 g/mol. The van der Waals surface area contributed by atoms with Crippen LogP contribution in [0.25, 0.3) is 0 Å². The predicted molar refractivity (Wildman–Crippen MR) is 130 cm³/mol. The topological polar surface area (TPSA) is 21.8 Å². The van der Waals surface area contributed by atoms with Crippen molar-refractivity contribution in [3.05, 3.63) is 60.7 Å². The summed E-state index contributed by atoms with van der Waals surface area (Å²) >= 11 is 0. The van der Waals surface area contributed by atoms with E-state index >= 15 is 0 Å². The lowest BCUT2D eigenvalue weighted by atomic mass is 10.1. The summed E-state index contributed by atoms with van der Waals surface area (Å²) in [6.45, 7) is 10.2. The fraction of sp³-hybridized carbons (Fsp3) is 0.556. The molecule has 0 aliphatic carbocycles. The molecule has 0 amide bonds. The number of hydrogen-bond donors (Lipinski definition) is 0. The Labute approximate surface area is 185 Å². The van der Waals surface area contributed by atoms with Gasteiger partial charge in [-0.2, -0.15) is 0 Å². The minimum absolute atomic E-state index is 0.0178. The van der Waals surface area contributed by atoms with Gasteiger partial charge in [0.25, 0.3) is 8.32 Å². The summed E-state index contributed by atoms with van der Waals surface area (Å²) in [5.74, 6) is 0. The average Bonchev–Trinajstić information content (AvgIpc) is 3.58. The highest BCUT2D eigenvalue weighted by molar-refractivity contribution is 6.99. The molecule has 1 heterocycles. The molecule has 0 spiro atoms. The van der Waals surface area contributed by atoms with E-state index in [2.05, 4.69) is 88.4 Å². The van der Waals surface area contributed by atoms with Crippen molar-refractivity contribution in [2.45, 2.75) is 89.9 Å². The smallest absolute Gasteiger partial charge is 0.261 e. The lowest BCUT2D eigenvalue weighted by Gasteiger charge is -2.45. The normalized spacial score (nSPS) is 17.7. The Kier molecular flexibility index (Phi) is 8.33. The molecular weight excluding hydrogens is 384 g/mol. The van der Waals surface area contributed by atoms with Crippen LogP contribution in [0.2, 0.25) is 5.04 Å². The molecule has 2 atom stereocenters. The molecule has 0 saturated carbocycles. The highest BCUT2D eigenvalue weighted by Crippen LogP contribution is 2.39. The standard InChI is InChI=1S/C27H40O2Si/c1-5-6-7-8-9-16-21-25(26-22-28-26)29-30(27(2,3)4,23-17-12-10-13-18-23)24-19-14-11-15-20-24/h10-15,17-20,25-26H,5-9,16,21-22H2,1-4H3/t25-,26+/m0/s1. The molecule has 1 aliphatic rings. The molecule has 0 aromatic heterocycles. The zero-order valence-electron chi connectivity index (χ0n) is 19.4. The van der Waals surface area contributed by atoms with Gasteiger partial charge in [0.05, 0.1) is 12.7 Å². The first-order valence-corrected chi connectivity index (χ1v) is 13.8. The number of epoxide rings is 1. The van der Waals surface area contributed by atoms with Gasteiger partial charge in [-0.25, -0.2) is 0 Å². The molecule has 0 N–H and O–H groups in total. The summed E-state index contributed by atoms with van der Waals surface area (Å²) in [6.07, 6.45) is 9.43. The number of rotatable bonds is 12. The molecule has 0 radical (unpaired) electrons. The van der Waals surface area contributed by atoms with Gasteiger partial charge in [0, 0.05) is 0 Å². The van der Waals surface area contributed by atoms with Gasteiger partial charge in [-0.05, 0) is 21.8 Å². The van der Waals surface area contributed by atoms with E-state index in [1.807, 2.05) is 0 Å². The van der Waals surface area contributed by atoms with Crippen LogP contribution >= 0.6 is 0 Å². The Morgan fingerprint density at radius 3 is 1.83 bits per heavy atom. The van der Waals surface area contributed by atoms with Crippen LogP contribution in [0.5, 0.6) is 0 Å². The molecule has 1 aliphatic heterocycles. The van der Waals surface area contributed by atoms with Crippen molar-refractivity contribution in [3.63, 3.8) is 0 Å². The van der Waals surface area contributed by atoms with E-state index in [0.29, 0.717) is 0 Å². The zero-order chi connectivity index (χ0) is 21.5.